The lowest BCUT2D eigenvalue weighted by Gasteiger charge is -2.33. The molecule has 0 bridgehead atoms. The van der Waals surface area contributed by atoms with E-state index < -0.39 is 23.2 Å². The number of allylic oxidation sites excluding steroid dienone is 2. The minimum absolute atomic E-state index is 0.0219. The fourth-order valence-electron chi connectivity index (χ4n) is 4.06. The number of nitrogens with zero attached hydrogens (tertiary/aromatic N) is 2. The van der Waals surface area contributed by atoms with Crippen molar-refractivity contribution in [3.63, 3.8) is 0 Å². The summed E-state index contributed by atoms with van der Waals surface area (Å²) in [6, 6.07) is 8.45. The first-order chi connectivity index (χ1) is 16.6. The van der Waals surface area contributed by atoms with Crippen LogP contribution < -0.4 is 0 Å². The largest absolute Gasteiger partial charge is 0.510 e. The number of thioether (sulfide) groups is 1. The van der Waals surface area contributed by atoms with E-state index in [1.807, 2.05) is 24.5 Å². The second-order valence-corrected chi connectivity index (χ2v) is 10.6. The van der Waals surface area contributed by atoms with Crippen molar-refractivity contribution in [1.82, 2.24) is 9.55 Å². The van der Waals surface area contributed by atoms with E-state index in [1.165, 1.54) is 36.0 Å². The Hall–Kier alpha value is -2.49. The Morgan fingerprint density at radius 2 is 1.80 bits per heavy atom. The van der Waals surface area contributed by atoms with Gasteiger partial charge in [0.05, 0.1) is 11.9 Å². The number of ether oxygens (including phenoxy) is 1. The van der Waals surface area contributed by atoms with E-state index in [2.05, 4.69) is 20.9 Å². The predicted octanol–water partition coefficient (Wildman–Crippen LogP) is 7.41. The fourth-order valence-corrected chi connectivity index (χ4v) is 5.47. The average molecular weight is 565 g/mol. The molecule has 0 saturated heterocycles. The second kappa shape index (κ2) is 10.2. The molecule has 1 unspecified atom stereocenters. The van der Waals surface area contributed by atoms with Gasteiger partial charge in [0.15, 0.2) is 5.16 Å². The number of imidazole rings is 1. The first kappa shape index (κ1) is 25.6. The molecule has 9 heteroatoms. The SMILES string of the molecule is COC1CC(C(C)(C)c2cnc(SCc3c(F)cc(Br)cc3F)n2-c2ccc(F)cc2)=CC=C1O. The quantitative estimate of drug-likeness (QED) is 0.303. The molecular formula is C26H24BrF3N2O2S. The molecule has 1 heterocycles. The summed E-state index contributed by atoms with van der Waals surface area (Å²) in [4.78, 5) is 4.58. The Labute approximate surface area is 214 Å². The molecular weight excluding hydrogens is 541 g/mol. The lowest BCUT2D eigenvalue weighted by atomic mass is 9.76. The zero-order valence-corrected chi connectivity index (χ0v) is 21.8. The molecule has 184 valence electrons. The van der Waals surface area contributed by atoms with E-state index in [0.717, 1.165) is 11.3 Å². The van der Waals surface area contributed by atoms with Gasteiger partial charge in [-0.05, 0) is 42.5 Å². The molecule has 0 amide bonds. The number of hydrogen-bond donors (Lipinski definition) is 1. The lowest BCUT2D eigenvalue weighted by molar-refractivity contribution is 0.0894. The summed E-state index contributed by atoms with van der Waals surface area (Å²) >= 11 is 4.29. The Morgan fingerprint density at radius 1 is 1.14 bits per heavy atom. The van der Waals surface area contributed by atoms with E-state index in [0.29, 0.717) is 21.7 Å². The van der Waals surface area contributed by atoms with E-state index in [-0.39, 0.29) is 22.9 Å². The van der Waals surface area contributed by atoms with Crippen molar-refractivity contribution in [2.24, 2.45) is 0 Å². The van der Waals surface area contributed by atoms with E-state index in [1.54, 1.807) is 31.5 Å². The molecule has 4 rings (SSSR count). The highest BCUT2D eigenvalue weighted by molar-refractivity contribution is 9.10. The van der Waals surface area contributed by atoms with Crippen LogP contribution in [0, 0.1) is 17.5 Å². The number of hydrogen-bond acceptors (Lipinski definition) is 4. The number of benzene rings is 2. The number of aromatic nitrogens is 2. The number of halogens is 4. The monoisotopic (exact) mass is 564 g/mol. The van der Waals surface area contributed by atoms with Gasteiger partial charge in [-0.3, -0.25) is 4.57 Å². The third-order valence-electron chi connectivity index (χ3n) is 6.18. The summed E-state index contributed by atoms with van der Waals surface area (Å²) in [5.74, 6) is -1.48. The molecule has 35 heavy (non-hydrogen) atoms. The van der Waals surface area contributed by atoms with Gasteiger partial charge >= 0.3 is 0 Å². The maximum absolute atomic E-state index is 14.4. The minimum Gasteiger partial charge on any atom is -0.510 e. The summed E-state index contributed by atoms with van der Waals surface area (Å²) in [6.45, 7) is 4.06. The molecule has 1 aliphatic carbocycles. The Bertz CT molecular complexity index is 1280. The zero-order valence-electron chi connectivity index (χ0n) is 19.4. The van der Waals surface area contributed by atoms with Crippen molar-refractivity contribution in [1.29, 1.82) is 0 Å². The van der Waals surface area contributed by atoms with E-state index >= 15 is 0 Å². The fraction of sp³-hybridized carbons (Fsp3) is 0.269. The van der Waals surface area contributed by atoms with Gasteiger partial charge in [-0.25, -0.2) is 18.2 Å². The van der Waals surface area contributed by atoms with Crippen LogP contribution in [0.3, 0.4) is 0 Å². The highest BCUT2D eigenvalue weighted by atomic mass is 79.9. The molecule has 0 saturated carbocycles. The molecule has 0 aliphatic heterocycles. The summed E-state index contributed by atoms with van der Waals surface area (Å²) in [6.07, 6.45) is 5.25. The van der Waals surface area contributed by atoms with Gasteiger partial charge in [-0.2, -0.15) is 0 Å². The van der Waals surface area contributed by atoms with Crippen LogP contribution in [-0.2, 0) is 15.9 Å². The van der Waals surface area contributed by atoms with Crippen LogP contribution in [-0.4, -0.2) is 27.9 Å². The van der Waals surface area contributed by atoms with E-state index in [9.17, 15) is 18.3 Å². The molecule has 1 atom stereocenters. The predicted molar refractivity (Wildman–Crippen MR) is 134 cm³/mol. The molecule has 1 aromatic heterocycles. The third kappa shape index (κ3) is 5.22. The maximum atomic E-state index is 14.4. The Morgan fingerprint density at radius 3 is 2.43 bits per heavy atom. The molecule has 0 fully saturated rings. The molecule has 3 aromatic rings. The standard InChI is InChI=1S/C26H24BrF3N2O2S/c1-26(2,15-4-9-22(33)23(10-15)34-3)24-13-31-25(32(24)18-7-5-17(28)6-8-18)35-14-19-20(29)11-16(27)12-21(19)30/h4-9,11-13,23,33H,10,14H2,1-3H3. The van der Waals surface area contributed by atoms with Crippen molar-refractivity contribution in [3.05, 3.63) is 99.3 Å². The van der Waals surface area contributed by atoms with Gasteiger partial charge in [0.2, 0.25) is 0 Å². The molecule has 0 spiro atoms. The second-order valence-electron chi connectivity index (χ2n) is 8.71. The average Bonchev–Trinajstić information content (AvgIpc) is 3.24. The van der Waals surface area contributed by atoms with Gasteiger partial charge in [-0.1, -0.05) is 53.2 Å². The summed E-state index contributed by atoms with van der Waals surface area (Å²) < 4.78 is 50.2. The highest BCUT2D eigenvalue weighted by Gasteiger charge is 2.34. The van der Waals surface area contributed by atoms with Gasteiger partial charge in [0.25, 0.3) is 0 Å². The van der Waals surface area contributed by atoms with Gasteiger partial charge < -0.3 is 9.84 Å². The zero-order chi connectivity index (χ0) is 25.3. The maximum Gasteiger partial charge on any atom is 0.173 e. The lowest BCUT2D eigenvalue weighted by Crippen LogP contribution is -2.29. The molecule has 4 nitrogen and oxygen atoms in total. The van der Waals surface area contributed by atoms with Crippen LogP contribution in [0.5, 0.6) is 0 Å². The van der Waals surface area contributed by atoms with Crippen molar-refractivity contribution in [2.45, 2.75) is 42.7 Å². The molecule has 0 radical (unpaired) electrons. The smallest absolute Gasteiger partial charge is 0.173 e. The Balaban J connectivity index is 1.76. The van der Waals surface area contributed by atoms with Gasteiger partial charge in [0.1, 0.15) is 29.3 Å². The van der Waals surface area contributed by atoms with Crippen molar-refractivity contribution in [3.8, 4) is 5.69 Å². The van der Waals surface area contributed by atoms with Crippen molar-refractivity contribution >= 4 is 27.7 Å². The minimum atomic E-state index is -0.644. The number of aliphatic hydroxyl groups excluding tert-OH is 1. The number of aliphatic hydroxyl groups is 1. The first-order valence-corrected chi connectivity index (χ1v) is 12.6. The van der Waals surface area contributed by atoms with Crippen molar-refractivity contribution < 1.29 is 23.0 Å². The van der Waals surface area contributed by atoms with Crippen LogP contribution in [0.2, 0.25) is 0 Å². The molecule has 1 N–H and O–H groups in total. The Kier molecular flexibility index (Phi) is 7.49. The topological polar surface area (TPSA) is 47.3 Å². The molecule has 2 aromatic carbocycles. The van der Waals surface area contributed by atoms with E-state index in [4.69, 9.17) is 4.74 Å². The van der Waals surface area contributed by atoms with Crippen LogP contribution in [0.25, 0.3) is 5.69 Å². The van der Waals surface area contributed by atoms with Crippen LogP contribution >= 0.6 is 27.7 Å². The summed E-state index contributed by atoms with van der Waals surface area (Å²) in [7, 11) is 1.54. The van der Waals surface area contributed by atoms with Crippen LogP contribution in [0.4, 0.5) is 13.2 Å². The third-order valence-corrected chi connectivity index (χ3v) is 7.62. The normalized spacial score (nSPS) is 16.3. The number of rotatable bonds is 7. The number of methoxy groups -OCH3 is 1. The van der Waals surface area contributed by atoms with Crippen molar-refractivity contribution in [2.75, 3.05) is 7.11 Å². The summed E-state index contributed by atoms with van der Waals surface area (Å²) in [5.41, 5.74) is 1.88. The molecule has 1 aliphatic rings. The highest BCUT2D eigenvalue weighted by Crippen LogP contribution is 2.40. The van der Waals surface area contributed by atoms with Crippen LogP contribution in [0.1, 0.15) is 31.5 Å². The van der Waals surface area contributed by atoms with Gasteiger partial charge in [-0.15, -0.1) is 0 Å². The summed E-state index contributed by atoms with van der Waals surface area (Å²) in [5, 5.41) is 10.6. The van der Waals surface area contributed by atoms with Crippen LogP contribution in [0.15, 0.2) is 75.7 Å². The van der Waals surface area contributed by atoms with Gasteiger partial charge in [0, 0.05) is 40.4 Å². The first-order valence-electron chi connectivity index (χ1n) is 10.8.